The first-order valence-corrected chi connectivity index (χ1v) is 11.8. The monoisotopic (exact) mass is 408 g/mol. The lowest BCUT2D eigenvalue weighted by Gasteiger charge is -2.11. The van der Waals surface area contributed by atoms with Crippen LogP contribution in [0.4, 0.5) is 0 Å². The number of benzene rings is 1. The number of hydrogen-bond donors (Lipinski definition) is 2. The van der Waals surface area contributed by atoms with Crippen molar-refractivity contribution in [1.29, 1.82) is 0 Å². The van der Waals surface area contributed by atoms with Gasteiger partial charge in [-0.25, -0.2) is 18.4 Å². The van der Waals surface area contributed by atoms with Crippen molar-refractivity contribution in [2.24, 2.45) is 4.99 Å². The zero-order valence-corrected chi connectivity index (χ0v) is 18.0. The van der Waals surface area contributed by atoms with Crippen molar-refractivity contribution in [2.75, 3.05) is 19.3 Å². The number of sulfone groups is 1. The van der Waals surface area contributed by atoms with Crippen molar-refractivity contribution in [3.05, 3.63) is 45.9 Å². The summed E-state index contributed by atoms with van der Waals surface area (Å²) < 4.78 is 23.0. The molecule has 0 unspecified atom stereocenters. The molecule has 6 nitrogen and oxygen atoms in total. The van der Waals surface area contributed by atoms with Gasteiger partial charge >= 0.3 is 0 Å². The predicted molar refractivity (Wildman–Crippen MR) is 112 cm³/mol. The number of rotatable bonds is 8. The maximum absolute atomic E-state index is 11.5. The van der Waals surface area contributed by atoms with Crippen molar-refractivity contribution >= 4 is 27.1 Å². The molecule has 0 atom stereocenters. The summed E-state index contributed by atoms with van der Waals surface area (Å²) in [5.74, 6) is 1.19. The molecule has 0 aliphatic carbocycles. The van der Waals surface area contributed by atoms with Gasteiger partial charge in [-0.1, -0.05) is 26.0 Å². The van der Waals surface area contributed by atoms with Gasteiger partial charge in [0.15, 0.2) is 15.8 Å². The highest BCUT2D eigenvalue weighted by atomic mass is 32.2. The van der Waals surface area contributed by atoms with Crippen LogP contribution in [0.25, 0.3) is 0 Å². The molecule has 2 aromatic rings. The number of nitrogens with one attached hydrogen (secondary N) is 2. The van der Waals surface area contributed by atoms with E-state index in [1.54, 1.807) is 23.5 Å². The van der Waals surface area contributed by atoms with Crippen LogP contribution in [0, 0.1) is 0 Å². The van der Waals surface area contributed by atoms with E-state index in [1.807, 2.05) is 19.1 Å². The van der Waals surface area contributed by atoms with E-state index in [2.05, 4.69) is 39.8 Å². The van der Waals surface area contributed by atoms with Crippen LogP contribution >= 0.6 is 11.3 Å². The highest BCUT2D eigenvalue weighted by Gasteiger charge is 2.07. The molecule has 0 amide bonds. The molecule has 0 bridgehead atoms. The number of guanidine groups is 1. The Balaban J connectivity index is 1.89. The molecule has 27 heavy (non-hydrogen) atoms. The highest BCUT2D eigenvalue weighted by molar-refractivity contribution is 7.90. The van der Waals surface area contributed by atoms with E-state index in [4.69, 9.17) is 0 Å². The van der Waals surface area contributed by atoms with Gasteiger partial charge in [0.25, 0.3) is 0 Å². The molecule has 0 fully saturated rings. The quantitative estimate of drug-likeness (QED) is 0.518. The molecule has 1 aromatic carbocycles. The first kappa shape index (κ1) is 21.4. The summed E-state index contributed by atoms with van der Waals surface area (Å²) in [6.45, 7) is 8.34. The average Bonchev–Trinajstić information content (AvgIpc) is 3.09. The second-order valence-corrected chi connectivity index (χ2v) is 9.53. The molecular formula is C19H28N4O2S2. The van der Waals surface area contributed by atoms with Gasteiger partial charge in [-0.3, -0.25) is 0 Å². The van der Waals surface area contributed by atoms with Gasteiger partial charge in [0.2, 0.25) is 0 Å². The first-order chi connectivity index (χ1) is 12.8. The lowest BCUT2D eigenvalue weighted by atomic mass is 10.1. The van der Waals surface area contributed by atoms with Crippen molar-refractivity contribution in [2.45, 2.75) is 44.6 Å². The van der Waals surface area contributed by atoms with E-state index in [9.17, 15) is 8.42 Å². The Bertz CT molecular complexity index is 856. The van der Waals surface area contributed by atoms with Crippen LogP contribution in [-0.2, 0) is 22.8 Å². The second-order valence-electron chi connectivity index (χ2n) is 6.62. The van der Waals surface area contributed by atoms with Crippen LogP contribution in [0.2, 0.25) is 0 Å². The van der Waals surface area contributed by atoms with E-state index in [0.29, 0.717) is 23.9 Å². The zero-order valence-electron chi connectivity index (χ0n) is 16.3. The van der Waals surface area contributed by atoms with Gasteiger partial charge in [-0.05, 0) is 31.0 Å². The molecule has 1 aromatic heterocycles. The van der Waals surface area contributed by atoms with Gasteiger partial charge in [0.1, 0.15) is 0 Å². The third-order valence-corrected chi connectivity index (χ3v) is 6.19. The predicted octanol–water partition coefficient (Wildman–Crippen LogP) is 2.97. The number of nitrogens with zero attached hydrogens (tertiary/aromatic N) is 2. The molecule has 0 saturated carbocycles. The Morgan fingerprint density at radius 2 is 1.93 bits per heavy atom. The Kier molecular flexibility index (Phi) is 7.79. The fourth-order valence-corrected chi connectivity index (χ4v) is 3.85. The summed E-state index contributed by atoms with van der Waals surface area (Å²) in [5, 5.41) is 9.74. The molecule has 1 heterocycles. The van der Waals surface area contributed by atoms with Crippen molar-refractivity contribution in [1.82, 2.24) is 15.6 Å². The lowest BCUT2D eigenvalue weighted by molar-refractivity contribution is 0.602. The smallest absolute Gasteiger partial charge is 0.191 e. The van der Waals surface area contributed by atoms with E-state index < -0.39 is 9.84 Å². The summed E-state index contributed by atoms with van der Waals surface area (Å²) in [6, 6.07) is 7.01. The summed E-state index contributed by atoms with van der Waals surface area (Å²) in [6.07, 6.45) is 2.00. The maximum Gasteiger partial charge on any atom is 0.191 e. The highest BCUT2D eigenvalue weighted by Crippen LogP contribution is 2.19. The van der Waals surface area contributed by atoms with Crippen molar-refractivity contribution < 1.29 is 8.42 Å². The van der Waals surface area contributed by atoms with Gasteiger partial charge < -0.3 is 10.6 Å². The van der Waals surface area contributed by atoms with Crippen LogP contribution in [0.5, 0.6) is 0 Å². The van der Waals surface area contributed by atoms with Crippen molar-refractivity contribution in [3.63, 3.8) is 0 Å². The van der Waals surface area contributed by atoms with Gasteiger partial charge in [-0.2, -0.15) is 0 Å². The average molecular weight is 409 g/mol. The molecule has 0 aliphatic rings. The number of aliphatic imine (C=N–C) groups is 1. The largest absolute Gasteiger partial charge is 0.357 e. The standard InChI is InChI=1S/C19H28N4O2S2/c1-5-20-19(22-12-16-13-26-18(23-16)14(2)3)21-11-10-15-6-8-17(9-7-15)27(4,24)25/h6-9,13-14H,5,10-12H2,1-4H3,(H2,20,21,22). The molecular weight excluding hydrogens is 380 g/mol. The third kappa shape index (κ3) is 6.95. The normalized spacial score (nSPS) is 12.4. The van der Waals surface area contributed by atoms with Crippen LogP contribution in [0.3, 0.4) is 0 Å². The zero-order chi connectivity index (χ0) is 19.9. The Hall–Kier alpha value is -1.93. The fraction of sp³-hybridized carbons (Fsp3) is 0.474. The fourth-order valence-electron chi connectivity index (χ4n) is 2.39. The third-order valence-electron chi connectivity index (χ3n) is 3.86. The lowest BCUT2D eigenvalue weighted by Crippen LogP contribution is -2.38. The molecule has 0 radical (unpaired) electrons. The van der Waals surface area contributed by atoms with Gasteiger partial charge in [0.05, 0.1) is 22.1 Å². The Labute approximate surface area is 166 Å². The minimum absolute atomic E-state index is 0.346. The van der Waals surface area contributed by atoms with Gasteiger partial charge in [-0.15, -0.1) is 11.3 Å². The van der Waals surface area contributed by atoms with E-state index in [-0.39, 0.29) is 0 Å². The van der Waals surface area contributed by atoms with Crippen LogP contribution < -0.4 is 10.6 Å². The first-order valence-electron chi connectivity index (χ1n) is 9.05. The second kappa shape index (κ2) is 9.85. The summed E-state index contributed by atoms with van der Waals surface area (Å²) >= 11 is 1.68. The van der Waals surface area contributed by atoms with Gasteiger partial charge in [0, 0.05) is 30.6 Å². The van der Waals surface area contributed by atoms with E-state index in [0.717, 1.165) is 35.2 Å². The van der Waals surface area contributed by atoms with Crippen LogP contribution in [-0.4, -0.2) is 38.7 Å². The minimum Gasteiger partial charge on any atom is -0.357 e. The molecule has 2 rings (SSSR count). The number of hydrogen-bond acceptors (Lipinski definition) is 5. The Morgan fingerprint density at radius 1 is 1.22 bits per heavy atom. The van der Waals surface area contributed by atoms with E-state index in [1.165, 1.54) is 6.26 Å². The molecule has 2 N–H and O–H groups in total. The molecule has 8 heteroatoms. The maximum atomic E-state index is 11.5. The number of aromatic nitrogens is 1. The minimum atomic E-state index is -3.15. The van der Waals surface area contributed by atoms with Crippen molar-refractivity contribution in [3.8, 4) is 0 Å². The Morgan fingerprint density at radius 3 is 2.48 bits per heavy atom. The van der Waals surface area contributed by atoms with Crippen LogP contribution in [0.15, 0.2) is 39.5 Å². The summed E-state index contributed by atoms with van der Waals surface area (Å²) in [5.41, 5.74) is 2.06. The number of thiazole rings is 1. The molecule has 0 aliphatic heterocycles. The SMILES string of the molecule is CCNC(=NCc1csc(C(C)C)n1)NCCc1ccc(S(C)(=O)=O)cc1. The molecule has 0 saturated heterocycles. The molecule has 0 spiro atoms. The molecule has 148 valence electrons. The van der Waals surface area contributed by atoms with Crippen LogP contribution in [0.1, 0.15) is 43.0 Å². The van der Waals surface area contributed by atoms with E-state index >= 15 is 0 Å². The summed E-state index contributed by atoms with van der Waals surface area (Å²) in [7, 11) is -3.15. The topological polar surface area (TPSA) is 83.4 Å². The summed E-state index contributed by atoms with van der Waals surface area (Å²) in [4.78, 5) is 9.54.